The second-order valence-electron chi connectivity index (χ2n) is 14.9. The van der Waals surface area contributed by atoms with Crippen LogP contribution in [0.15, 0.2) is 48.6 Å². The van der Waals surface area contributed by atoms with Crippen molar-refractivity contribution in [2.45, 2.75) is 212 Å². The third-order valence-electron chi connectivity index (χ3n) is 10.2. The predicted molar refractivity (Wildman–Crippen MR) is 213 cm³/mol. The summed E-state index contributed by atoms with van der Waals surface area (Å²) < 4.78 is 6.25. The van der Waals surface area contributed by atoms with Crippen LogP contribution in [0.4, 0.5) is 0 Å². The molecular weight excluding hydrogens is 587 g/mol. The molecule has 278 valence electrons. The lowest BCUT2D eigenvalue weighted by atomic mass is 9.85. The number of carbonyl (C=O) groups excluding carboxylic acids is 1. The molecule has 1 unspecified atom stereocenters. The molecule has 0 aromatic rings. The van der Waals surface area contributed by atoms with Gasteiger partial charge in [-0.15, -0.1) is 0 Å². The van der Waals surface area contributed by atoms with E-state index >= 15 is 0 Å². The minimum absolute atomic E-state index is 0.0988. The van der Waals surface area contributed by atoms with Crippen molar-refractivity contribution < 1.29 is 9.53 Å². The Kier molecular flexibility index (Phi) is 31.3. The fourth-order valence-corrected chi connectivity index (χ4v) is 6.88. The number of unbranched alkanes of at least 4 members (excludes halogenated alkanes) is 17. The van der Waals surface area contributed by atoms with Crippen molar-refractivity contribution in [3.05, 3.63) is 48.6 Å². The number of ether oxygens (including phenoxy) is 1. The Hall–Kier alpha value is -1.61. The minimum Gasteiger partial charge on any atom is -0.462 e. The monoisotopic (exact) mass is 668 g/mol. The van der Waals surface area contributed by atoms with E-state index in [0.717, 1.165) is 51.4 Å². The van der Waals surface area contributed by atoms with Gasteiger partial charge in [0.25, 0.3) is 0 Å². The lowest BCUT2D eigenvalue weighted by molar-refractivity contribution is -0.156. The first kappa shape index (κ1) is 44.4. The molecule has 0 aromatic heterocycles. The third-order valence-corrected chi connectivity index (χ3v) is 10.2. The maximum Gasteiger partial charge on any atom is 0.309 e. The molecule has 0 radical (unpaired) electrons. The van der Waals surface area contributed by atoms with Gasteiger partial charge in [-0.3, -0.25) is 4.79 Å². The highest BCUT2D eigenvalue weighted by Gasteiger charge is 2.29. The van der Waals surface area contributed by atoms with Crippen molar-refractivity contribution in [1.82, 2.24) is 4.90 Å². The largest absolute Gasteiger partial charge is 0.462 e. The minimum atomic E-state index is 0.0988. The maximum absolute atomic E-state index is 13.2. The van der Waals surface area contributed by atoms with Gasteiger partial charge in [0.05, 0.1) is 5.92 Å². The SMILES string of the molecule is CCCC/C=C\C/C=C\CCCCCCCCC(CCCCCCCC/C=C\C/C=C\CCCCC)OC(=O)C1CCC(N(C)C)CC1. The van der Waals surface area contributed by atoms with E-state index in [1.165, 1.54) is 135 Å². The fourth-order valence-electron chi connectivity index (χ4n) is 6.88. The summed E-state index contributed by atoms with van der Waals surface area (Å²) in [4.78, 5) is 15.5. The lowest BCUT2D eigenvalue weighted by Crippen LogP contribution is -2.35. The number of hydrogen-bond acceptors (Lipinski definition) is 3. The number of rotatable bonds is 32. The molecule has 0 N–H and O–H groups in total. The van der Waals surface area contributed by atoms with E-state index in [4.69, 9.17) is 4.74 Å². The quantitative estimate of drug-likeness (QED) is 0.0406. The van der Waals surface area contributed by atoms with Gasteiger partial charge in [0.15, 0.2) is 0 Å². The molecule has 0 aromatic carbocycles. The van der Waals surface area contributed by atoms with Crippen LogP contribution in [-0.4, -0.2) is 37.1 Å². The zero-order chi connectivity index (χ0) is 34.8. The van der Waals surface area contributed by atoms with Crippen molar-refractivity contribution in [3.8, 4) is 0 Å². The molecule has 1 saturated carbocycles. The lowest BCUT2D eigenvalue weighted by Gasteiger charge is -2.32. The molecule has 0 aliphatic heterocycles. The third kappa shape index (κ3) is 27.2. The van der Waals surface area contributed by atoms with Crippen LogP contribution in [0.5, 0.6) is 0 Å². The van der Waals surface area contributed by atoms with E-state index in [1.807, 2.05) is 0 Å². The van der Waals surface area contributed by atoms with Crippen LogP contribution in [-0.2, 0) is 9.53 Å². The van der Waals surface area contributed by atoms with Gasteiger partial charge < -0.3 is 9.64 Å². The van der Waals surface area contributed by atoms with Crippen LogP contribution < -0.4 is 0 Å². The van der Waals surface area contributed by atoms with E-state index in [9.17, 15) is 4.79 Å². The zero-order valence-electron chi connectivity index (χ0n) is 32.6. The molecule has 0 spiro atoms. The molecule has 1 atom stereocenters. The Morgan fingerprint density at radius 2 is 0.938 bits per heavy atom. The van der Waals surface area contributed by atoms with E-state index in [1.54, 1.807) is 0 Å². The fraction of sp³-hybridized carbons (Fsp3) is 0.800. The first-order valence-electron chi connectivity index (χ1n) is 21.0. The molecule has 1 aliphatic carbocycles. The zero-order valence-corrected chi connectivity index (χ0v) is 32.6. The van der Waals surface area contributed by atoms with Gasteiger partial charge in [-0.2, -0.15) is 0 Å². The Labute approximate surface area is 300 Å². The molecule has 1 aliphatic rings. The van der Waals surface area contributed by atoms with Gasteiger partial charge in [-0.1, -0.05) is 140 Å². The summed E-state index contributed by atoms with van der Waals surface area (Å²) in [5.41, 5.74) is 0. The molecule has 0 saturated heterocycles. The maximum atomic E-state index is 13.2. The van der Waals surface area contributed by atoms with Gasteiger partial charge in [-0.25, -0.2) is 0 Å². The van der Waals surface area contributed by atoms with Gasteiger partial charge in [0.1, 0.15) is 6.10 Å². The van der Waals surface area contributed by atoms with Crippen molar-refractivity contribution >= 4 is 5.97 Å². The first-order chi connectivity index (χ1) is 23.6. The van der Waals surface area contributed by atoms with Crippen molar-refractivity contribution in [2.24, 2.45) is 5.92 Å². The molecule has 0 amide bonds. The summed E-state index contributed by atoms with van der Waals surface area (Å²) in [5.74, 6) is 0.215. The Morgan fingerprint density at radius 1 is 0.542 bits per heavy atom. The van der Waals surface area contributed by atoms with E-state index in [-0.39, 0.29) is 18.0 Å². The number of carbonyl (C=O) groups is 1. The van der Waals surface area contributed by atoms with Crippen LogP contribution in [0.2, 0.25) is 0 Å². The summed E-state index contributed by atoms with van der Waals surface area (Å²) in [5, 5.41) is 0. The number of nitrogens with zero attached hydrogens (tertiary/aromatic N) is 1. The highest BCUT2D eigenvalue weighted by molar-refractivity contribution is 5.72. The van der Waals surface area contributed by atoms with Crippen LogP contribution in [0.1, 0.15) is 200 Å². The van der Waals surface area contributed by atoms with E-state index < -0.39 is 0 Å². The van der Waals surface area contributed by atoms with Crippen LogP contribution in [0, 0.1) is 5.92 Å². The molecule has 1 rings (SSSR count). The van der Waals surface area contributed by atoms with E-state index in [2.05, 4.69) is 81.5 Å². The van der Waals surface area contributed by atoms with Crippen LogP contribution >= 0.6 is 0 Å². The van der Waals surface area contributed by atoms with E-state index in [0.29, 0.717) is 6.04 Å². The molecule has 48 heavy (non-hydrogen) atoms. The van der Waals surface area contributed by atoms with Gasteiger partial charge >= 0.3 is 5.97 Å². The average Bonchev–Trinajstić information content (AvgIpc) is 3.09. The molecule has 3 nitrogen and oxygen atoms in total. The smallest absolute Gasteiger partial charge is 0.309 e. The normalized spacial score (nSPS) is 17.9. The van der Waals surface area contributed by atoms with Crippen molar-refractivity contribution in [3.63, 3.8) is 0 Å². The van der Waals surface area contributed by atoms with Gasteiger partial charge in [0.2, 0.25) is 0 Å². The Morgan fingerprint density at radius 3 is 1.38 bits per heavy atom. The Balaban J connectivity index is 2.24. The summed E-state index contributed by atoms with van der Waals surface area (Å²) >= 11 is 0. The number of esters is 1. The average molecular weight is 668 g/mol. The second kappa shape index (κ2) is 33.9. The summed E-state index contributed by atoms with van der Waals surface area (Å²) in [6, 6.07) is 0.622. The van der Waals surface area contributed by atoms with Gasteiger partial charge in [0, 0.05) is 6.04 Å². The molecule has 1 fully saturated rings. The number of hydrogen-bond donors (Lipinski definition) is 0. The van der Waals surface area contributed by atoms with Crippen molar-refractivity contribution in [2.75, 3.05) is 14.1 Å². The number of allylic oxidation sites excluding steroid dienone is 8. The molecule has 0 heterocycles. The summed E-state index contributed by atoms with van der Waals surface area (Å²) in [7, 11) is 4.33. The topological polar surface area (TPSA) is 29.5 Å². The van der Waals surface area contributed by atoms with Crippen LogP contribution in [0.25, 0.3) is 0 Å². The second-order valence-corrected chi connectivity index (χ2v) is 14.9. The summed E-state index contributed by atoms with van der Waals surface area (Å²) in [6.45, 7) is 4.51. The molecule has 0 bridgehead atoms. The highest BCUT2D eigenvalue weighted by atomic mass is 16.5. The summed E-state index contributed by atoms with van der Waals surface area (Å²) in [6.07, 6.45) is 54.2. The molecular formula is C45H81NO2. The first-order valence-corrected chi connectivity index (χ1v) is 21.0. The standard InChI is InChI=1S/C45H81NO2/c1-5-7-9-11-13-15-17-19-21-23-25-27-29-31-33-35-37-44(48-45(47)42-38-40-43(41-39-42)46(3)4)36-34-32-30-28-26-24-22-20-18-16-14-12-10-8-6-2/h12-15,18-21,42-44H,5-11,16-17,22-41H2,1-4H3/b14-12-,15-13-,20-18-,21-19-. The molecule has 3 heteroatoms. The van der Waals surface area contributed by atoms with Crippen molar-refractivity contribution in [1.29, 1.82) is 0 Å². The Bertz CT molecular complexity index is 817. The van der Waals surface area contributed by atoms with Crippen LogP contribution in [0.3, 0.4) is 0 Å². The van der Waals surface area contributed by atoms with Gasteiger partial charge in [-0.05, 0) is 123 Å². The highest BCUT2D eigenvalue weighted by Crippen LogP contribution is 2.29. The predicted octanol–water partition coefficient (Wildman–Crippen LogP) is 14.0.